The molecule has 1 aromatic heterocycles. The molecule has 0 radical (unpaired) electrons. The highest BCUT2D eigenvalue weighted by atomic mass is 15.0. The number of hydrogen-bond donors (Lipinski definition) is 1. The van der Waals surface area contributed by atoms with Crippen LogP contribution >= 0.6 is 0 Å². The molecule has 17 heavy (non-hydrogen) atoms. The van der Waals surface area contributed by atoms with Crippen LogP contribution in [0.2, 0.25) is 0 Å². The number of rotatable bonds is 5. The molecule has 0 saturated heterocycles. The van der Waals surface area contributed by atoms with E-state index in [-0.39, 0.29) is 0 Å². The van der Waals surface area contributed by atoms with E-state index in [9.17, 15) is 0 Å². The van der Waals surface area contributed by atoms with E-state index < -0.39 is 0 Å². The number of aromatic nitrogens is 1. The first-order valence-corrected chi connectivity index (χ1v) is 6.57. The van der Waals surface area contributed by atoms with Gasteiger partial charge in [0.1, 0.15) is 0 Å². The van der Waals surface area contributed by atoms with Gasteiger partial charge in [-0.15, -0.1) is 0 Å². The van der Waals surface area contributed by atoms with Gasteiger partial charge in [-0.3, -0.25) is 0 Å². The Hall–Kier alpha value is -1.28. The summed E-state index contributed by atoms with van der Waals surface area (Å²) in [6.45, 7) is 8.63. The van der Waals surface area contributed by atoms with Crippen LogP contribution in [-0.4, -0.2) is 11.1 Å². The molecule has 2 rings (SSSR count). The summed E-state index contributed by atoms with van der Waals surface area (Å²) in [5.74, 6) is 0. The van der Waals surface area contributed by atoms with Crippen molar-refractivity contribution in [2.45, 2.75) is 39.8 Å². The van der Waals surface area contributed by atoms with Crippen molar-refractivity contribution in [1.29, 1.82) is 0 Å². The first-order valence-electron chi connectivity index (χ1n) is 6.57. The van der Waals surface area contributed by atoms with Crippen molar-refractivity contribution in [3.63, 3.8) is 0 Å². The first kappa shape index (κ1) is 12.2. The number of nitrogens with one attached hydrogen (secondary N) is 1. The van der Waals surface area contributed by atoms with Crippen molar-refractivity contribution in [3.05, 3.63) is 36.0 Å². The Labute approximate surface area is 104 Å². The normalized spacial score (nSPS) is 13.1. The average Bonchev–Trinajstić information content (AvgIpc) is 2.79. The summed E-state index contributed by atoms with van der Waals surface area (Å²) < 4.78 is 2.40. The highest BCUT2D eigenvalue weighted by Gasteiger charge is 2.09. The number of benzene rings is 1. The molecule has 0 bridgehead atoms. The SMILES string of the molecule is CCNCc1cccc2ccn(C(C)CC)c12. The molecule has 2 nitrogen and oxygen atoms in total. The Morgan fingerprint density at radius 2 is 2.06 bits per heavy atom. The maximum Gasteiger partial charge on any atom is 0.0528 e. The van der Waals surface area contributed by atoms with Gasteiger partial charge in [0, 0.05) is 18.8 Å². The maximum atomic E-state index is 3.42. The second-order valence-electron chi connectivity index (χ2n) is 4.62. The molecule has 0 saturated carbocycles. The number of fused-ring (bicyclic) bond motifs is 1. The van der Waals surface area contributed by atoms with E-state index in [1.165, 1.54) is 22.9 Å². The smallest absolute Gasteiger partial charge is 0.0528 e. The molecule has 1 unspecified atom stereocenters. The molecule has 1 N–H and O–H groups in total. The van der Waals surface area contributed by atoms with Crippen LogP contribution in [-0.2, 0) is 6.54 Å². The van der Waals surface area contributed by atoms with E-state index in [1.807, 2.05) is 0 Å². The highest BCUT2D eigenvalue weighted by molar-refractivity contribution is 5.83. The van der Waals surface area contributed by atoms with Crippen molar-refractivity contribution in [3.8, 4) is 0 Å². The van der Waals surface area contributed by atoms with Gasteiger partial charge in [-0.05, 0) is 36.9 Å². The molecule has 0 amide bonds. The number of nitrogens with zero attached hydrogens (tertiary/aromatic N) is 1. The topological polar surface area (TPSA) is 17.0 Å². The average molecular weight is 230 g/mol. The van der Waals surface area contributed by atoms with Crippen LogP contribution < -0.4 is 5.32 Å². The monoisotopic (exact) mass is 230 g/mol. The van der Waals surface area contributed by atoms with E-state index in [1.54, 1.807) is 0 Å². The fourth-order valence-electron chi connectivity index (χ4n) is 2.26. The lowest BCUT2D eigenvalue weighted by Crippen LogP contribution is -2.13. The molecule has 0 aliphatic carbocycles. The van der Waals surface area contributed by atoms with E-state index >= 15 is 0 Å². The summed E-state index contributed by atoms with van der Waals surface area (Å²) in [6, 6.07) is 9.36. The molecule has 2 heteroatoms. The molecule has 1 aromatic carbocycles. The lowest BCUT2D eigenvalue weighted by Gasteiger charge is -2.15. The van der Waals surface area contributed by atoms with Crippen molar-refractivity contribution in [1.82, 2.24) is 9.88 Å². The fourth-order valence-corrected chi connectivity index (χ4v) is 2.26. The van der Waals surface area contributed by atoms with Crippen molar-refractivity contribution in [2.24, 2.45) is 0 Å². The Morgan fingerprint density at radius 3 is 2.76 bits per heavy atom. The van der Waals surface area contributed by atoms with Crippen LogP contribution in [0.25, 0.3) is 10.9 Å². The highest BCUT2D eigenvalue weighted by Crippen LogP contribution is 2.25. The summed E-state index contributed by atoms with van der Waals surface area (Å²) in [5, 5.41) is 4.77. The molecule has 0 spiro atoms. The Morgan fingerprint density at radius 1 is 1.24 bits per heavy atom. The van der Waals surface area contributed by atoms with Gasteiger partial charge in [0.25, 0.3) is 0 Å². The van der Waals surface area contributed by atoms with Crippen molar-refractivity contribution >= 4 is 10.9 Å². The van der Waals surface area contributed by atoms with E-state index in [2.05, 4.69) is 61.1 Å². The molecule has 0 aliphatic rings. The third-order valence-electron chi connectivity index (χ3n) is 3.45. The summed E-state index contributed by atoms with van der Waals surface area (Å²) in [6.07, 6.45) is 3.38. The largest absolute Gasteiger partial charge is 0.344 e. The fraction of sp³-hybridized carbons (Fsp3) is 0.467. The molecular formula is C15H22N2. The Kier molecular flexibility index (Phi) is 3.85. The van der Waals surface area contributed by atoms with Crippen LogP contribution in [0, 0.1) is 0 Å². The van der Waals surface area contributed by atoms with Gasteiger partial charge in [-0.25, -0.2) is 0 Å². The van der Waals surface area contributed by atoms with E-state index in [4.69, 9.17) is 0 Å². The van der Waals surface area contributed by atoms with Crippen LogP contribution in [0.1, 0.15) is 38.8 Å². The van der Waals surface area contributed by atoms with Crippen molar-refractivity contribution in [2.75, 3.05) is 6.54 Å². The predicted molar refractivity (Wildman–Crippen MR) is 74.3 cm³/mol. The molecule has 1 atom stereocenters. The quantitative estimate of drug-likeness (QED) is 0.828. The van der Waals surface area contributed by atoms with E-state index in [0.717, 1.165) is 13.1 Å². The van der Waals surface area contributed by atoms with Gasteiger partial charge in [0.2, 0.25) is 0 Å². The Bertz CT molecular complexity index is 485. The number of para-hydroxylation sites is 1. The van der Waals surface area contributed by atoms with Gasteiger partial charge >= 0.3 is 0 Å². The third-order valence-corrected chi connectivity index (χ3v) is 3.45. The molecule has 0 aliphatic heterocycles. The second-order valence-corrected chi connectivity index (χ2v) is 4.62. The Balaban J connectivity index is 2.47. The van der Waals surface area contributed by atoms with Crippen LogP contribution in [0.5, 0.6) is 0 Å². The summed E-state index contributed by atoms with van der Waals surface area (Å²) in [7, 11) is 0. The molecule has 0 fully saturated rings. The minimum Gasteiger partial charge on any atom is -0.344 e. The van der Waals surface area contributed by atoms with Crippen molar-refractivity contribution < 1.29 is 0 Å². The first-order chi connectivity index (χ1) is 8.27. The van der Waals surface area contributed by atoms with E-state index in [0.29, 0.717) is 6.04 Å². The minimum atomic E-state index is 0.565. The van der Waals surface area contributed by atoms with Gasteiger partial charge in [-0.2, -0.15) is 0 Å². The minimum absolute atomic E-state index is 0.565. The van der Waals surface area contributed by atoms with Gasteiger partial charge < -0.3 is 9.88 Å². The van der Waals surface area contributed by atoms with Crippen LogP contribution in [0.4, 0.5) is 0 Å². The third kappa shape index (κ3) is 2.37. The molecule has 2 aromatic rings. The van der Waals surface area contributed by atoms with Crippen LogP contribution in [0.3, 0.4) is 0 Å². The van der Waals surface area contributed by atoms with Crippen LogP contribution in [0.15, 0.2) is 30.5 Å². The molecule has 92 valence electrons. The maximum absolute atomic E-state index is 3.42. The van der Waals surface area contributed by atoms with Gasteiger partial charge in [-0.1, -0.05) is 32.0 Å². The summed E-state index contributed by atoms with van der Waals surface area (Å²) >= 11 is 0. The molecule has 1 heterocycles. The zero-order valence-corrected chi connectivity index (χ0v) is 11.0. The number of hydrogen-bond acceptors (Lipinski definition) is 1. The van der Waals surface area contributed by atoms with Gasteiger partial charge in [0.05, 0.1) is 5.52 Å². The zero-order valence-electron chi connectivity index (χ0n) is 11.0. The second kappa shape index (κ2) is 5.37. The standard InChI is InChI=1S/C15H22N2/c1-4-12(3)17-10-9-13-7-6-8-14(15(13)17)11-16-5-2/h6-10,12,16H,4-5,11H2,1-3H3. The zero-order chi connectivity index (χ0) is 12.3. The lowest BCUT2D eigenvalue weighted by molar-refractivity contribution is 0.546. The lowest BCUT2D eigenvalue weighted by atomic mass is 10.1. The molecular weight excluding hydrogens is 208 g/mol. The summed E-state index contributed by atoms with van der Waals surface area (Å²) in [5.41, 5.74) is 2.79. The summed E-state index contributed by atoms with van der Waals surface area (Å²) in [4.78, 5) is 0. The predicted octanol–water partition coefficient (Wildman–Crippen LogP) is 3.72. The van der Waals surface area contributed by atoms with Gasteiger partial charge in [0.15, 0.2) is 0 Å².